The Kier molecular flexibility index (Phi) is 8.49. The van der Waals surface area contributed by atoms with Gasteiger partial charge in [-0.05, 0) is 58.6 Å². The molecule has 0 aromatic heterocycles. The molecule has 1 rings (SSSR count). The van der Waals surface area contributed by atoms with Crippen molar-refractivity contribution in [2.75, 3.05) is 31.6 Å². The molecule has 1 N–H and O–H groups in total. The molecule has 21 heavy (non-hydrogen) atoms. The summed E-state index contributed by atoms with van der Waals surface area (Å²) in [6, 6.07) is 0.434. The van der Waals surface area contributed by atoms with E-state index in [0.29, 0.717) is 6.04 Å². The molecule has 1 unspecified atom stereocenters. The Morgan fingerprint density at radius 1 is 1.29 bits per heavy atom. The first-order chi connectivity index (χ1) is 9.92. The minimum atomic E-state index is -0.403. The molecule has 0 aromatic rings. The number of hydrogen-bond donors (Lipinski definition) is 1. The SMILES string of the molecule is CSCCCCCCNC1CCN(C(=O)OC(C)(C)C)C1. The summed E-state index contributed by atoms with van der Waals surface area (Å²) >= 11 is 1.93. The molecule has 1 heterocycles. The number of nitrogens with zero attached hydrogens (tertiary/aromatic N) is 1. The maximum atomic E-state index is 12.0. The second-order valence-electron chi connectivity index (χ2n) is 6.77. The van der Waals surface area contributed by atoms with Crippen molar-refractivity contribution in [3.05, 3.63) is 0 Å². The lowest BCUT2D eigenvalue weighted by atomic mass is 10.2. The van der Waals surface area contributed by atoms with Gasteiger partial charge in [0.25, 0.3) is 0 Å². The molecule has 1 saturated heterocycles. The van der Waals surface area contributed by atoms with Crippen LogP contribution >= 0.6 is 11.8 Å². The van der Waals surface area contributed by atoms with Gasteiger partial charge in [-0.3, -0.25) is 0 Å². The Morgan fingerprint density at radius 3 is 2.67 bits per heavy atom. The van der Waals surface area contributed by atoms with Gasteiger partial charge in [0.1, 0.15) is 5.60 Å². The van der Waals surface area contributed by atoms with E-state index in [1.807, 2.05) is 37.4 Å². The largest absolute Gasteiger partial charge is 0.444 e. The average molecular weight is 317 g/mol. The van der Waals surface area contributed by atoms with E-state index in [1.165, 1.54) is 31.4 Å². The first kappa shape index (κ1) is 18.6. The van der Waals surface area contributed by atoms with Crippen LogP contribution in [0.4, 0.5) is 4.79 Å². The van der Waals surface area contributed by atoms with Gasteiger partial charge in [0, 0.05) is 19.1 Å². The summed E-state index contributed by atoms with van der Waals surface area (Å²) in [7, 11) is 0. The van der Waals surface area contributed by atoms with Crippen molar-refractivity contribution in [2.24, 2.45) is 0 Å². The molecule has 0 bridgehead atoms. The summed E-state index contributed by atoms with van der Waals surface area (Å²) in [5, 5.41) is 3.57. The van der Waals surface area contributed by atoms with Crippen LogP contribution in [-0.2, 0) is 4.74 Å². The van der Waals surface area contributed by atoms with Gasteiger partial charge < -0.3 is 15.0 Å². The van der Waals surface area contributed by atoms with Crippen LogP contribution in [0.2, 0.25) is 0 Å². The van der Waals surface area contributed by atoms with Crippen molar-refractivity contribution in [3.63, 3.8) is 0 Å². The van der Waals surface area contributed by atoms with Gasteiger partial charge in [0.2, 0.25) is 0 Å². The Labute approximate surface area is 134 Å². The van der Waals surface area contributed by atoms with E-state index in [0.717, 1.165) is 26.1 Å². The van der Waals surface area contributed by atoms with Crippen LogP contribution in [0.15, 0.2) is 0 Å². The van der Waals surface area contributed by atoms with E-state index in [2.05, 4.69) is 11.6 Å². The van der Waals surface area contributed by atoms with E-state index < -0.39 is 5.60 Å². The maximum Gasteiger partial charge on any atom is 0.410 e. The molecule has 1 fully saturated rings. The predicted molar refractivity (Wildman–Crippen MR) is 91.1 cm³/mol. The fourth-order valence-electron chi connectivity index (χ4n) is 2.45. The summed E-state index contributed by atoms with van der Waals surface area (Å²) < 4.78 is 5.41. The molecule has 0 saturated carbocycles. The highest BCUT2D eigenvalue weighted by Gasteiger charge is 2.29. The molecule has 5 heteroatoms. The van der Waals surface area contributed by atoms with Crippen molar-refractivity contribution in [1.29, 1.82) is 0 Å². The van der Waals surface area contributed by atoms with Crippen LogP contribution in [0.3, 0.4) is 0 Å². The molecule has 0 aliphatic carbocycles. The fraction of sp³-hybridized carbons (Fsp3) is 0.938. The predicted octanol–water partition coefficient (Wildman–Crippen LogP) is 3.51. The molecule has 1 aliphatic heterocycles. The molecule has 0 spiro atoms. The number of carbonyl (C=O) groups excluding carboxylic acids is 1. The van der Waals surface area contributed by atoms with Gasteiger partial charge in [-0.15, -0.1) is 0 Å². The van der Waals surface area contributed by atoms with Crippen LogP contribution in [-0.4, -0.2) is 54.3 Å². The van der Waals surface area contributed by atoms with Crippen LogP contribution in [0.5, 0.6) is 0 Å². The molecular formula is C16H32N2O2S. The summed E-state index contributed by atoms with van der Waals surface area (Å²) in [6.45, 7) is 8.38. The Bertz CT molecular complexity index is 305. The van der Waals surface area contributed by atoms with Gasteiger partial charge in [0.15, 0.2) is 0 Å². The third-order valence-corrected chi connectivity index (χ3v) is 4.25. The molecule has 0 radical (unpaired) electrons. The second kappa shape index (κ2) is 9.57. The summed E-state index contributed by atoms with van der Waals surface area (Å²) in [5.41, 5.74) is -0.403. The molecular weight excluding hydrogens is 284 g/mol. The lowest BCUT2D eigenvalue weighted by molar-refractivity contribution is 0.0291. The molecule has 1 aliphatic rings. The normalized spacial score (nSPS) is 19.0. The van der Waals surface area contributed by atoms with Crippen molar-refractivity contribution in [3.8, 4) is 0 Å². The first-order valence-corrected chi connectivity index (χ1v) is 9.52. The van der Waals surface area contributed by atoms with Crippen molar-refractivity contribution < 1.29 is 9.53 Å². The fourth-order valence-corrected chi connectivity index (χ4v) is 2.94. The summed E-state index contributed by atoms with van der Waals surface area (Å²) in [5.74, 6) is 1.28. The number of likely N-dealkylation sites (tertiary alicyclic amines) is 1. The van der Waals surface area contributed by atoms with E-state index in [9.17, 15) is 4.79 Å². The molecule has 4 nitrogen and oxygen atoms in total. The van der Waals surface area contributed by atoms with Crippen LogP contribution in [0.25, 0.3) is 0 Å². The lowest BCUT2D eigenvalue weighted by Crippen LogP contribution is -2.38. The monoisotopic (exact) mass is 316 g/mol. The van der Waals surface area contributed by atoms with E-state index in [4.69, 9.17) is 4.74 Å². The average Bonchev–Trinajstić information content (AvgIpc) is 2.84. The molecule has 124 valence electrons. The van der Waals surface area contributed by atoms with Crippen molar-refractivity contribution in [1.82, 2.24) is 10.2 Å². The number of nitrogens with one attached hydrogen (secondary N) is 1. The Balaban J connectivity index is 2.08. The van der Waals surface area contributed by atoms with Crippen molar-refractivity contribution >= 4 is 17.9 Å². The standard InChI is InChI=1S/C16H32N2O2S/c1-16(2,3)20-15(19)18-11-9-14(13-18)17-10-7-5-6-8-12-21-4/h14,17H,5-13H2,1-4H3. The lowest BCUT2D eigenvalue weighted by Gasteiger charge is -2.24. The van der Waals surface area contributed by atoms with Gasteiger partial charge in [-0.2, -0.15) is 11.8 Å². The van der Waals surface area contributed by atoms with Crippen LogP contribution in [0, 0.1) is 0 Å². The minimum Gasteiger partial charge on any atom is -0.444 e. The van der Waals surface area contributed by atoms with Crippen LogP contribution < -0.4 is 5.32 Å². The smallest absolute Gasteiger partial charge is 0.410 e. The zero-order valence-electron chi connectivity index (χ0n) is 14.1. The van der Waals surface area contributed by atoms with Gasteiger partial charge >= 0.3 is 6.09 Å². The number of amides is 1. The third-order valence-electron chi connectivity index (χ3n) is 3.55. The van der Waals surface area contributed by atoms with Gasteiger partial charge in [-0.25, -0.2) is 4.79 Å². The molecule has 1 atom stereocenters. The highest BCUT2D eigenvalue weighted by atomic mass is 32.2. The third kappa shape index (κ3) is 8.57. The quantitative estimate of drug-likeness (QED) is 0.696. The number of rotatable bonds is 8. The van der Waals surface area contributed by atoms with Gasteiger partial charge in [0.05, 0.1) is 0 Å². The highest BCUT2D eigenvalue weighted by molar-refractivity contribution is 7.98. The van der Waals surface area contributed by atoms with E-state index in [1.54, 1.807) is 0 Å². The summed E-state index contributed by atoms with van der Waals surface area (Å²) in [6.07, 6.45) is 8.22. The number of hydrogen-bond acceptors (Lipinski definition) is 4. The molecule has 0 aromatic carbocycles. The van der Waals surface area contributed by atoms with E-state index in [-0.39, 0.29) is 6.09 Å². The summed E-state index contributed by atoms with van der Waals surface area (Å²) in [4.78, 5) is 13.8. The maximum absolute atomic E-state index is 12.0. The Hall–Kier alpha value is -0.420. The zero-order valence-corrected chi connectivity index (χ0v) is 14.9. The first-order valence-electron chi connectivity index (χ1n) is 8.12. The highest BCUT2D eigenvalue weighted by Crippen LogP contribution is 2.15. The number of unbranched alkanes of at least 4 members (excludes halogenated alkanes) is 3. The Morgan fingerprint density at radius 2 is 2.00 bits per heavy atom. The zero-order chi connectivity index (χ0) is 15.7. The number of carbonyl (C=O) groups is 1. The van der Waals surface area contributed by atoms with Gasteiger partial charge in [-0.1, -0.05) is 12.8 Å². The van der Waals surface area contributed by atoms with Crippen LogP contribution in [0.1, 0.15) is 52.9 Å². The number of ether oxygens (including phenoxy) is 1. The minimum absolute atomic E-state index is 0.177. The molecule has 1 amide bonds. The van der Waals surface area contributed by atoms with Crippen molar-refractivity contribution in [2.45, 2.75) is 64.5 Å². The number of thioether (sulfide) groups is 1. The topological polar surface area (TPSA) is 41.6 Å². The van der Waals surface area contributed by atoms with E-state index >= 15 is 0 Å². The second-order valence-corrected chi connectivity index (χ2v) is 7.76.